The van der Waals surface area contributed by atoms with Crippen molar-refractivity contribution in [2.24, 2.45) is 5.92 Å². The monoisotopic (exact) mass is 334 g/mol. The molecule has 0 radical (unpaired) electrons. The van der Waals surface area contributed by atoms with Crippen molar-refractivity contribution in [3.63, 3.8) is 0 Å². The first-order valence-electron chi connectivity index (χ1n) is 8.90. The Bertz CT molecular complexity index is 600. The minimum Gasteiger partial charge on any atom is -0.480 e. The Morgan fingerprint density at radius 2 is 2.17 bits per heavy atom. The maximum atomic E-state index is 12.5. The molecule has 1 saturated heterocycles. The molecule has 2 fully saturated rings. The Morgan fingerprint density at radius 1 is 1.38 bits per heavy atom. The van der Waals surface area contributed by atoms with E-state index in [0.717, 1.165) is 32.2 Å². The highest BCUT2D eigenvalue weighted by Gasteiger charge is 2.45. The van der Waals surface area contributed by atoms with Crippen LogP contribution < -0.4 is 5.32 Å². The van der Waals surface area contributed by atoms with Gasteiger partial charge in [0.1, 0.15) is 11.9 Å². The van der Waals surface area contributed by atoms with Crippen molar-refractivity contribution in [1.82, 2.24) is 14.7 Å². The fourth-order valence-electron chi connectivity index (χ4n) is 4.20. The van der Waals surface area contributed by atoms with Crippen LogP contribution in [0.1, 0.15) is 45.4 Å². The summed E-state index contributed by atoms with van der Waals surface area (Å²) in [7, 11) is 0. The van der Waals surface area contributed by atoms with E-state index in [1.54, 1.807) is 16.9 Å². The van der Waals surface area contributed by atoms with Crippen LogP contribution in [0.3, 0.4) is 0 Å². The zero-order valence-corrected chi connectivity index (χ0v) is 14.1. The summed E-state index contributed by atoms with van der Waals surface area (Å²) >= 11 is 0. The van der Waals surface area contributed by atoms with Crippen molar-refractivity contribution in [2.45, 2.75) is 64.1 Å². The van der Waals surface area contributed by atoms with E-state index in [4.69, 9.17) is 0 Å². The minimum absolute atomic E-state index is 0.134. The van der Waals surface area contributed by atoms with Gasteiger partial charge in [-0.15, -0.1) is 0 Å². The van der Waals surface area contributed by atoms with E-state index in [1.165, 1.54) is 6.42 Å². The molecule has 1 amide bonds. The van der Waals surface area contributed by atoms with Crippen molar-refractivity contribution in [3.8, 4) is 0 Å². The van der Waals surface area contributed by atoms with E-state index in [0.29, 0.717) is 18.2 Å². The lowest BCUT2D eigenvalue weighted by molar-refractivity contribution is -0.143. The molecule has 2 heterocycles. The van der Waals surface area contributed by atoms with Crippen LogP contribution in [0.25, 0.3) is 0 Å². The number of fused-ring (bicyclic) bond motifs is 1. The van der Waals surface area contributed by atoms with Crippen LogP contribution in [0, 0.1) is 5.92 Å². The van der Waals surface area contributed by atoms with Gasteiger partial charge in [-0.1, -0.05) is 19.8 Å². The molecular formula is C17H26N4O3. The highest BCUT2D eigenvalue weighted by molar-refractivity contribution is 5.92. The molecule has 1 aromatic heterocycles. The molecule has 3 atom stereocenters. The summed E-state index contributed by atoms with van der Waals surface area (Å²) in [5, 5.41) is 16.6. The molecule has 0 bridgehead atoms. The van der Waals surface area contributed by atoms with Crippen LogP contribution in [0.4, 0.5) is 5.82 Å². The highest BCUT2D eigenvalue weighted by Crippen LogP contribution is 2.39. The number of aryl methyl sites for hydroxylation is 1. The third-order valence-electron chi connectivity index (χ3n) is 5.25. The molecular weight excluding hydrogens is 308 g/mol. The molecule has 0 aromatic carbocycles. The normalized spacial score (nSPS) is 27.0. The van der Waals surface area contributed by atoms with Gasteiger partial charge in [-0.05, 0) is 31.6 Å². The number of aromatic nitrogens is 2. The predicted octanol–water partition coefficient (Wildman–Crippen LogP) is 1.95. The number of nitrogens with zero attached hydrogens (tertiary/aromatic N) is 3. The number of carboxylic acid groups (broad SMARTS) is 1. The molecule has 0 spiro atoms. The number of hydrogen-bond acceptors (Lipinski definition) is 4. The minimum atomic E-state index is -0.812. The van der Waals surface area contributed by atoms with E-state index < -0.39 is 12.0 Å². The summed E-state index contributed by atoms with van der Waals surface area (Å²) in [6.45, 7) is 2.93. The van der Waals surface area contributed by atoms with Crippen molar-refractivity contribution in [1.29, 1.82) is 0 Å². The SMILES string of the molecule is CCCn1nccc1NC(=O)CN1C(C(=O)O)CC2CCCCC21. The number of amides is 1. The fourth-order valence-corrected chi connectivity index (χ4v) is 4.20. The number of nitrogens with one attached hydrogen (secondary N) is 1. The van der Waals surface area contributed by atoms with Crippen molar-refractivity contribution >= 4 is 17.7 Å². The van der Waals surface area contributed by atoms with Gasteiger partial charge in [-0.3, -0.25) is 14.5 Å². The molecule has 2 N–H and O–H groups in total. The summed E-state index contributed by atoms with van der Waals surface area (Å²) < 4.78 is 1.76. The van der Waals surface area contributed by atoms with Gasteiger partial charge >= 0.3 is 5.97 Å². The second kappa shape index (κ2) is 7.34. The summed E-state index contributed by atoms with van der Waals surface area (Å²) in [4.78, 5) is 26.0. The van der Waals surface area contributed by atoms with E-state index >= 15 is 0 Å². The van der Waals surface area contributed by atoms with Crippen LogP contribution in [0.15, 0.2) is 12.3 Å². The molecule has 1 aliphatic carbocycles. The lowest BCUT2D eigenvalue weighted by atomic mass is 9.85. The predicted molar refractivity (Wildman–Crippen MR) is 89.6 cm³/mol. The summed E-state index contributed by atoms with van der Waals surface area (Å²) in [6, 6.07) is 1.46. The second-order valence-corrected chi connectivity index (χ2v) is 6.86. The first kappa shape index (κ1) is 17.0. The zero-order valence-electron chi connectivity index (χ0n) is 14.1. The van der Waals surface area contributed by atoms with Gasteiger partial charge in [0, 0.05) is 18.7 Å². The topological polar surface area (TPSA) is 87.5 Å². The van der Waals surface area contributed by atoms with Gasteiger partial charge in [0.05, 0.1) is 12.7 Å². The van der Waals surface area contributed by atoms with Crippen LogP contribution in [-0.4, -0.2) is 50.3 Å². The Labute approximate surface area is 142 Å². The standard InChI is InChI=1S/C17H26N4O3/c1-2-9-21-15(7-8-18-21)19-16(22)11-20-13-6-4-3-5-12(13)10-14(20)17(23)24/h7-8,12-14H,2-6,9-11H2,1H3,(H,19,22)(H,23,24). The van der Waals surface area contributed by atoms with Gasteiger partial charge < -0.3 is 10.4 Å². The quantitative estimate of drug-likeness (QED) is 0.830. The summed E-state index contributed by atoms with van der Waals surface area (Å²) in [5.74, 6) is 0.116. The summed E-state index contributed by atoms with van der Waals surface area (Å²) in [6.07, 6.45) is 7.63. The Kier molecular flexibility index (Phi) is 5.18. The van der Waals surface area contributed by atoms with Crippen LogP contribution in [-0.2, 0) is 16.1 Å². The number of carbonyl (C=O) groups excluding carboxylic acids is 1. The Hall–Kier alpha value is -1.89. The van der Waals surface area contributed by atoms with Crippen LogP contribution in [0.2, 0.25) is 0 Å². The number of anilines is 1. The number of carboxylic acids is 1. The number of hydrogen-bond donors (Lipinski definition) is 2. The van der Waals surface area contributed by atoms with Crippen molar-refractivity contribution < 1.29 is 14.7 Å². The second-order valence-electron chi connectivity index (χ2n) is 6.86. The Morgan fingerprint density at radius 3 is 2.92 bits per heavy atom. The van der Waals surface area contributed by atoms with E-state index in [9.17, 15) is 14.7 Å². The lowest BCUT2D eigenvalue weighted by Gasteiger charge is -2.32. The molecule has 2 aliphatic rings. The molecule has 7 heteroatoms. The molecule has 7 nitrogen and oxygen atoms in total. The zero-order chi connectivity index (χ0) is 17.1. The van der Waals surface area contributed by atoms with Gasteiger partial charge in [0.2, 0.25) is 5.91 Å². The first-order chi connectivity index (χ1) is 11.6. The van der Waals surface area contributed by atoms with Gasteiger partial charge in [0.15, 0.2) is 0 Å². The fraction of sp³-hybridized carbons (Fsp3) is 0.706. The summed E-state index contributed by atoms with van der Waals surface area (Å²) in [5.41, 5.74) is 0. The molecule has 1 saturated carbocycles. The van der Waals surface area contributed by atoms with Crippen molar-refractivity contribution in [3.05, 3.63) is 12.3 Å². The van der Waals surface area contributed by atoms with Gasteiger partial charge in [0.25, 0.3) is 0 Å². The maximum absolute atomic E-state index is 12.5. The number of likely N-dealkylation sites (tertiary alicyclic amines) is 1. The van der Waals surface area contributed by atoms with E-state index in [2.05, 4.69) is 17.3 Å². The molecule has 1 aliphatic heterocycles. The van der Waals surface area contributed by atoms with E-state index in [1.807, 2.05) is 4.90 Å². The molecule has 3 unspecified atom stereocenters. The smallest absolute Gasteiger partial charge is 0.320 e. The number of aliphatic carboxylic acids is 1. The first-order valence-corrected chi connectivity index (χ1v) is 8.90. The molecule has 132 valence electrons. The van der Waals surface area contributed by atoms with E-state index in [-0.39, 0.29) is 18.5 Å². The molecule has 24 heavy (non-hydrogen) atoms. The van der Waals surface area contributed by atoms with Gasteiger partial charge in [-0.2, -0.15) is 5.10 Å². The third kappa shape index (κ3) is 3.45. The average molecular weight is 334 g/mol. The molecule has 1 aromatic rings. The number of rotatable bonds is 6. The number of carbonyl (C=O) groups is 2. The third-order valence-corrected chi connectivity index (χ3v) is 5.25. The van der Waals surface area contributed by atoms with Crippen LogP contribution >= 0.6 is 0 Å². The average Bonchev–Trinajstić information content (AvgIpc) is 3.13. The Balaban J connectivity index is 1.67. The lowest BCUT2D eigenvalue weighted by Crippen LogP contribution is -2.46. The van der Waals surface area contributed by atoms with Crippen molar-refractivity contribution in [2.75, 3.05) is 11.9 Å². The van der Waals surface area contributed by atoms with Crippen LogP contribution in [0.5, 0.6) is 0 Å². The largest absolute Gasteiger partial charge is 0.480 e. The maximum Gasteiger partial charge on any atom is 0.320 e. The highest BCUT2D eigenvalue weighted by atomic mass is 16.4. The molecule has 3 rings (SSSR count). The van der Waals surface area contributed by atoms with Gasteiger partial charge in [-0.25, -0.2) is 4.68 Å².